The summed E-state index contributed by atoms with van der Waals surface area (Å²) in [5.41, 5.74) is 1.83. The molecule has 0 saturated carbocycles. The van der Waals surface area contributed by atoms with Crippen LogP contribution in [0.25, 0.3) is 0 Å². The van der Waals surface area contributed by atoms with Gasteiger partial charge in [0, 0.05) is 23.8 Å². The Hall–Kier alpha value is -2.43. The molecular weight excluding hydrogens is 268 g/mol. The van der Waals surface area contributed by atoms with Crippen molar-refractivity contribution in [3.8, 4) is 0 Å². The van der Waals surface area contributed by atoms with E-state index in [0.717, 1.165) is 23.6 Å². The van der Waals surface area contributed by atoms with Gasteiger partial charge in [0.1, 0.15) is 12.4 Å². The van der Waals surface area contributed by atoms with Crippen molar-refractivity contribution in [2.75, 3.05) is 23.4 Å². The van der Waals surface area contributed by atoms with E-state index in [2.05, 4.69) is 12.2 Å². The van der Waals surface area contributed by atoms with E-state index in [0.29, 0.717) is 13.2 Å². The van der Waals surface area contributed by atoms with Gasteiger partial charge in [-0.15, -0.1) is 0 Å². The summed E-state index contributed by atoms with van der Waals surface area (Å²) >= 11 is 0. The number of hydrogen-bond donors (Lipinski definition) is 1. The van der Waals surface area contributed by atoms with Crippen LogP contribution in [0.4, 0.5) is 16.2 Å². The molecule has 3 rings (SSSR count). The van der Waals surface area contributed by atoms with Gasteiger partial charge < -0.3 is 14.5 Å². The van der Waals surface area contributed by atoms with Gasteiger partial charge in [0.15, 0.2) is 0 Å². The van der Waals surface area contributed by atoms with Gasteiger partial charge in [-0.3, -0.25) is 4.90 Å². The molecule has 0 bridgehead atoms. The lowest BCUT2D eigenvalue weighted by Crippen LogP contribution is -2.23. The molecule has 1 amide bonds. The fourth-order valence-corrected chi connectivity index (χ4v) is 2.46. The number of anilines is 2. The number of furan rings is 1. The second-order valence-corrected chi connectivity index (χ2v) is 5.15. The Kier molecular flexibility index (Phi) is 3.81. The molecule has 2 aromatic rings. The number of nitrogens with one attached hydrogen (secondary N) is 1. The SMILES string of the molecule is CC(Cc1ccco1)Nc1cccc(N2CCOC2=O)c1. The Morgan fingerprint density at radius 1 is 1.33 bits per heavy atom. The number of cyclic esters (lactones) is 1. The van der Waals surface area contributed by atoms with Gasteiger partial charge in [0.05, 0.1) is 12.8 Å². The normalized spacial score (nSPS) is 15.9. The van der Waals surface area contributed by atoms with E-state index < -0.39 is 0 Å². The molecule has 110 valence electrons. The van der Waals surface area contributed by atoms with Crippen molar-refractivity contribution in [1.82, 2.24) is 0 Å². The monoisotopic (exact) mass is 286 g/mol. The van der Waals surface area contributed by atoms with Crippen LogP contribution in [0.3, 0.4) is 0 Å². The molecule has 21 heavy (non-hydrogen) atoms. The molecule has 5 nitrogen and oxygen atoms in total. The zero-order chi connectivity index (χ0) is 14.7. The summed E-state index contributed by atoms with van der Waals surface area (Å²) in [6, 6.07) is 11.9. The van der Waals surface area contributed by atoms with Crippen LogP contribution in [0.5, 0.6) is 0 Å². The van der Waals surface area contributed by atoms with E-state index in [1.54, 1.807) is 11.2 Å². The van der Waals surface area contributed by atoms with E-state index in [9.17, 15) is 4.79 Å². The summed E-state index contributed by atoms with van der Waals surface area (Å²) in [4.78, 5) is 13.2. The maximum Gasteiger partial charge on any atom is 0.414 e. The maximum absolute atomic E-state index is 11.6. The van der Waals surface area contributed by atoms with Gasteiger partial charge in [-0.05, 0) is 37.3 Å². The molecule has 2 heterocycles. The van der Waals surface area contributed by atoms with Crippen LogP contribution >= 0.6 is 0 Å². The van der Waals surface area contributed by atoms with Gasteiger partial charge in [-0.1, -0.05) is 6.07 Å². The van der Waals surface area contributed by atoms with Crippen molar-refractivity contribution in [3.05, 3.63) is 48.4 Å². The van der Waals surface area contributed by atoms with Crippen molar-refractivity contribution in [2.45, 2.75) is 19.4 Å². The Balaban J connectivity index is 1.67. The summed E-state index contributed by atoms with van der Waals surface area (Å²) in [5.74, 6) is 0.953. The summed E-state index contributed by atoms with van der Waals surface area (Å²) in [5, 5.41) is 3.42. The molecule has 1 atom stereocenters. The van der Waals surface area contributed by atoms with Crippen LogP contribution in [0.15, 0.2) is 47.1 Å². The maximum atomic E-state index is 11.6. The Morgan fingerprint density at radius 3 is 2.95 bits per heavy atom. The first-order valence-corrected chi connectivity index (χ1v) is 7.05. The number of benzene rings is 1. The Morgan fingerprint density at radius 2 is 2.24 bits per heavy atom. The molecule has 1 aliphatic heterocycles. The zero-order valence-corrected chi connectivity index (χ0v) is 11.9. The highest BCUT2D eigenvalue weighted by atomic mass is 16.6. The van der Waals surface area contributed by atoms with Crippen molar-refractivity contribution in [3.63, 3.8) is 0 Å². The second kappa shape index (κ2) is 5.91. The van der Waals surface area contributed by atoms with Crippen molar-refractivity contribution in [1.29, 1.82) is 0 Å². The molecule has 1 aliphatic rings. The smallest absolute Gasteiger partial charge is 0.414 e. The number of amides is 1. The van der Waals surface area contributed by atoms with Crippen LogP contribution in [-0.4, -0.2) is 25.3 Å². The average Bonchev–Trinajstić information content (AvgIpc) is 3.10. The van der Waals surface area contributed by atoms with Crippen LogP contribution < -0.4 is 10.2 Å². The fourth-order valence-electron chi connectivity index (χ4n) is 2.46. The number of hydrogen-bond acceptors (Lipinski definition) is 4. The van der Waals surface area contributed by atoms with Gasteiger partial charge >= 0.3 is 6.09 Å². The molecule has 1 unspecified atom stereocenters. The lowest BCUT2D eigenvalue weighted by atomic mass is 10.1. The standard InChI is InChI=1S/C16H18N2O3/c1-12(10-15-6-3-8-20-15)17-13-4-2-5-14(11-13)18-7-9-21-16(18)19/h2-6,8,11-12,17H,7,9-10H2,1H3. The van der Waals surface area contributed by atoms with Crippen molar-refractivity contribution in [2.24, 2.45) is 0 Å². The van der Waals surface area contributed by atoms with Gasteiger partial charge in [0.25, 0.3) is 0 Å². The summed E-state index contributed by atoms with van der Waals surface area (Å²) in [6.07, 6.45) is 2.21. The van der Waals surface area contributed by atoms with E-state index in [-0.39, 0.29) is 12.1 Å². The third-order valence-electron chi connectivity index (χ3n) is 3.42. The first-order chi connectivity index (χ1) is 10.2. The zero-order valence-electron chi connectivity index (χ0n) is 11.9. The second-order valence-electron chi connectivity index (χ2n) is 5.15. The molecule has 1 aromatic heterocycles. The predicted octanol–water partition coefficient (Wildman–Crippen LogP) is 3.28. The third kappa shape index (κ3) is 3.18. The average molecular weight is 286 g/mol. The quantitative estimate of drug-likeness (QED) is 0.916. The largest absolute Gasteiger partial charge is 0.469 e. The lowest BCUT2D eigenvalue weighted by molar-refractivity contribution is 0.181. The molecule has 1 saturated heterocycles. The summed E-state index contributed by atoms with van der Waals surface area (Å²) in [6.45, 7) is 3.15. The number of carbonyl (C=O) groups excluding carboxylic acids is 1. The first-order valence-electron chi connectivity index (χ1n) is 7.05. The number of rotatable bonds is 5. The number of ether oxygens (including phenoxy) is 1. The summed E-state index contributed by atoms with van der Waals surface area (Å²) < 4.78 is 10.3. The minimum Gasteiger partial charge on any atom is -0.469 e. The molecule has 1 N–H and O–H groups in total. The van der Waals surface area contributed by atoms with Crippen molar-refractivity contribution < 1.29 is 13.9 Å². The number of carbonyl (C=O) groups is 1. The fraction of sp³-hybridized carbons (Fsp3) is 0.312. The minimum atomic E-state index is -0.282. The molecular formula is C16H18N2O3. The predicted molar refractivity (Wildman–Crippen MR) is 80.6 cm³/mol. The first kappa shape index (κ1) is 13.5. The topological polar surface area (TPSA) is 54.7 Å². The molecule has 0 radical (unpaired) electrons. The van der Waals surface area contributed by atoms with E-state index >= 15 is 0 Å². The number of nitrogens with zero attached hydrogens (tertiary/aromatic N) is 1. The molecule has 5 heteroatoms. The van der Waals surface area contributed by atoms with Crippen LogP contribution in [0.1, 0.15) is 12.7 Å². The minimum absolute atomic E-state index is 0.233. The van der Waals surface area contributed by atoms with Crippen molar-refractivity contribution >= 4 is 17.5 Å². The van der Waals surface area contributed by atoms with Crippen LogP contribution in [-0.2, 0) is 11.2 Å². The van der Waals surface area contributed by atoms with E-state index in [1.807, 2.05) is 36.4 Å². The van der Waals surface area contributed by atoms with Crippen LogP contribution in [0.2, 0.25) is 0 Å². The highest BCUT2D eigenvalue weighted by Crippen LogP contribution is 2.23. The highest BCUT2D eigenvalue weighted by molar-refractivity contribution is 5.89. The van der Waals surface area contributed by atoms with Gasteiger partial charge in [-0.25, -0.2) is 4.79 Å². The molecule has 0 aliphatic carbocycles. The third-order valence-corrected chi connectivity index (χ3v) is 3.42. The van der Waals surface area contributed by atoms with E-state index in [4.69, 9.17) is 9.15 Å². The van der Waals surface area contributed by atoms with Gasteiger partial charge in [-0.2, -0.15) is 0 Å². The molecule has 0 spiro atoms. The van der Waals surface area contributed by atoms with E-state index in [1.165, 1.54) is 0 Å². The Labute approximate surface area is 123 Å². The summed E-state index contributed by atoms with van der Waals surface area (Å²) in [7, 11) is 0. The lowest BCUT2D eigenvalue weighted by Gasteiger charge is -2.17. The Bertz CT molecular complexity index is 610. The van der Waals surface area contributed by atoms with Gasteiger partial charge in [0.2, 0.25) is 0 Å². The molecule has 1 aromatic carbocycles. The molecule has 1 fully saturated rings. The highest BCUT2D eigenvalue weighted by Gasteiger charge is 2.23. The van der Waals surface area contributed by atoms with Crippen LogP contribution in [0, 0.1) is 0 Å².